The van der Waals surface area contributed by atoms with E-state index in [1.807, 2.05) is 4.90 Å². The van der Waals surface area contributed by atoms with Gasteiger partial charge in [-0.25, -0.2) is 28.1 Å². The highest BCUT2D eigenvalue weighted by Crippen LogP contribution is 2.38. The first-order valence-corrected chi connectivity index (χ1v) is 13.3. The Morgan fingerprint density at radius 2 is 1.83 bits per heavy atom. The standard InChI is InChI=1S/C30H26F3N7O2/c1-39-24-6-5-16(11-25(42)23-8-10-36-29(37-23)26-20(31)3-2-4-21(26)32)28(40-14-17(34)12-18(40)15-41)27(24)38-30(39)19-7-9-35-13-22(19)33/h2-10,13,17-18,41H,11-12,14-15,34H2,1H3/t17-,18+/m1/s1. The summed E-state index contributed by atoms with van der Waals surface area (Å²) in [6, 6.07) is 9.37. The molecule has 0 spiro atoms. The third-order valence-corrected chi connectivity index (χ3v) is 7.55. The van der Waals surface area contributed by atoms with Gasteiger partial charge >= 0.3 is 0 Å². The number of rotatable bonds is 7. The van der Waals surface area contributed by atoms with E-state index in [0.29, 0.717) is 41.1 Å². The van der Waals surface area contributed by atoms with Gasteiger partial charge in [-0.1, -0.05) is 12.1 Å². The Labute approximate surface area is 238 Å². The lowest BCUT2D eigenvalue weighted by Gasteiger charge is -2.28. The average molecular weight is 574 g/mol. The first-order chi connectivity index (χ1) is 20.3. The van der Waals surface area contributed by atoms with Crippen LogP contribution in [0.2, 0.25) is 0 Å². The van der Waals surface area contributed by atoms with Gasteiger partial charge in [0.05, 0.1) is 41.2 Å². The van der Waals surface area contributed by atoms with Crippen LogP contribution in [0.15, 0.2) is 61.1 Å². The number of hydrogen-bond acceptors (Lipinski definition) is 8. The van der Waals surface area contributed by atoms with E-state index in [-0.39, 0.29) is 42.2 Å². The number of imidazole rings is 1. The molecule has 0 radical (unpaired) electrons. The van der Waals surface area contributed by atoms with Crippen molar-refractivity contribution in [1.29, 1.82) is 0 Å². The van der Waals surface area contributed by atoms with Crippen LogP contribution in [0.1, 0.15) is 22.5 Å². The fourth-order valence-corrected chi connectivity index (χ4v) is 5.56. The molecular formula is C30H26F3N7O2. The zero-order valence-electron chi connectivity index (χ0n) is 22.5. The Morgan fingerprint density at radius 1 is 1.05 bits per heavy atom. The maximum absolute atomic E-state index is 14.7. The predicted octanol–water partition coefficient (Wildman–Crippen LogP) is 3.83. The molecule has 1 fully saturated rings. The summed E-state index contributed by atoms with van der Waals surface area (Å²) in [7, 11) is 1.77. The van der Waals surface area contributed by atoms with Crippen LogP contribution in [0.4, 0.5) is 18.9 Å². The van der Waals surface area contributed by atoms with Crippen molar-refractivity contribution < 1.29 is 23.1 Å². The first kappa shape index (κ1) is 27.5. The normalized spacial score (nSPS) is 16.9. The van der Waals surface area contributed by atoms with Crippen LogP contribution < -0.4 is 10.6 Å². The molecule has 6 rings (SSSR count). The predicted molar refractivity (Wildman–Crippen MR) is 150 cm³/mol. The molecule has 214 valence electrons. The SMILES string of the molecule is Cn1c(-c2ccncc2F)nc2c(N3C[C@H](N)C[C@H]3CO)c(CC(=O)c3ccnc(-c4c(F)cccc4F)n3)ccc21. The topological polar surface area (TPSA) is 123 Å². The number of hydrogen-bond donors (Lipinski definition) is 2. The van der Waals surface area contributed by atoms with E-state index < -0.39 is 28.8 Å². The Hall–Kier alpha value is -4.68. The van der Waals surface area contributed by atoms with E-state index >= 15 is 0 Å². The van der Waals surface area contributed by atoms with Crippen LogP contribution in [0, 0.1) is 17.5 Å². The molecule has 0 amide bonds. The van der Waals surface area contributed by atoms with Gasteiger partial charge < -0.3 is 20.3 Å². The summed E-state index contributed by atoms with van der Waals surface area (Å²) in [5, 5.41) is 10.2. The molecule has 5 aromatic rings. The number of nitrogens with two attached hydrogens (primary N) is 1. The van der Waals surface area contributed by atoms with Crippen molar-refractivity contribution in [3.05, 3.63) is 89.8 Å². The van der Waals surface area contributed by atoms with Crippen molar-refractivity contribution in [2.75, 3.05) is 18.1 Å². The monoisotopic (exact) mass is 573 g/mol. The van der Waals surface area contributed by atoms with Crippen LogP contribution in [0.25, 0.3) is 33.8 Å². The van der Waals surface area contributed by atoms with Gasteiger partial charge in [-0.15, -0.1) is 0 Å². The number of fused-ring (bicyclic) bond motifs is 1. The van der Waals surface area contributed by atoms with Gasteiger partial charge in [0.2, 0.25) is 0 Å². The van der Waals surface area contributed by atoms with E-state index in [0.717, 1.165) is 18.3 Å². The molecule has 2 aromatic carbocycles. The van der Waals surface area contributed by atoms with E-state index in [4.69, 9.17) is 10.7 Å². The summed E-state index contributed by atoms with van der Waals surface area (Å²) in [5.74, 6) is -2.52. The van der Waals surface area contributed by atoms with E-state index in [2.05, 4.69) is 15.0 Å². The number of nitrogens with zero attached hydrogens (tertiary/aromatic N) is 6. The largest absolute Gasteiger partial charge is 0.394 e. The second-order valence-electron chi connectivity index (χ2n) is 10.2. The minimum Gasteiger partial charge on any atom is -0.394 e. The lowest BCUT2D eigenvalue weighted by molar-refractivity contribution is 0.0988. The van der Waals surface area contributed by atoms with E-state index in [1.54, 1.807) is 23.7 Å². The number of benzene rings is 2. The third-order valence-electron chi connectivity index (χ3n) is 7.55. The number of aliphatic hydroxyl groups is 1. The number of carbonyl (C=O) groups excluding carboxylic acids is 1. The van der Waals surface area contributed by atoms with Crippen LogP contribution in [0.5, 0.6) is 0 Å². The number of carbonyl (C=O) groups is 1. The number of ketones is 1. The molecular weight excluding hydrogens is 547 g/mol. The highest BCUT2D eigenvalue weighted by Gasteiger charge is 2.34. The van der Waals surface area contributed by atoms with Crippen LogP contribution >= 0.6 is 0 Å². The average Bonchev–Trinajstić information content (AvgIpc) is 3.52. The summed E-state index contributed by atoms with van der Waals surface area (Å²) in [4.78, 5) is 32.3. The number of anilines is 1. The van der Waals surface area contributed by atoms with Crippen molar-refractivity contribution >= 4 is 22.5 Å². The molecule has 3 N–H and O–H groups in total. The number of aromatic nitrogens is 5. The Kier molecular flexibility index (Phi) is 7.17. The molecule has 2 atom stereocenters. The minimum atomic E-state index is -0.843. The van der Waals surface area contributed by atoms with Crippen LogP contribution in [-0.2, 0) is 13.5 Å². The molecule has 0 aliphatic carbocycles. The third kappa shape index (κ3) is 4.78. The molecule has 3 aromatic heterocycles. The number of aryl methyl sites for hydroxylation is 1. The van der Waals surface area contributed by atoms with Crippen molar-refractivity contribution in [3.8, 4) is 22.8 Å². The second kappa shape index (κ2) is 11.0. The van der Waals surface area contributed by atoms with Crippen molar-refractivity contribution in [1.82, 2.24) is 24.5 Å². The van der Waals surface area contributed by atoms with Gasteiger partial charge in [-0.2, -0.15) is 0 Å². The highest BCUT2D eigenvalue weighted by molar-refractivity contribution is 6.00. The Balaban J connectivity index is 1.46. The van der Waals surface area contributed by atoms with Gasteiger partial charge in [0.1, 0.15) is 28.7 Å². The molecule has 42 heavy (non-hydrogen) atoms. The Bertz CT molecular complexity index is 1810. The molecule has 1 aliphatic rings. The van der Waals surface area contributed by atoms with E-state index in [9.17, 15) is 23.1 Å². The zero-order chi connectivity index (χ0) is 29.5. The van der Waals surface area contributed by atoms with Crippen LogP contribution in [-0.4, -0.2) is 60.6 Å². The van der Waals surface area contributed by atoms with Crippen molar-refractivity contribution in [2.24, 2.45) is 12.8 Å². The van der Waals surface area contributed by atoms with Gasteiger partial charge in [0.25, 0.3) is 0 Å². The van der Waals surface area contributed by atoms with Gasteiger partial charge in [0.15, 0.2) is 17.4 Å². The number of halogens is 3. The lowest BCUT2D eigenvalue weighted by atomic mass is 10.0. The number of Topliss-reactive ketones (excluding diaryl/α,β-unsaturated/α-hetero) is 1. The molecule has 9 nitrogen and oxygen atoms in total. The summed E-state index contributed by atoms with van der Waals surface area (Å²) in [6.07, 6.45) is 4.27. The molecule has 4 heterocycles. The first-order valence-electron chi connectivity index (χ1n) is 13.3. The lowest BCUT2D eigenvalue weighted by Crippen LogP contribution is -2.34. The maximum Gasteiger partial charge on any atom is 0.185 e. The highest BCUT2D eigenvalue weighted by atomic mass is 19.1. The molecule has 0 saturated carbocycles. The number of aliphatic hydroxyl groups excluding tert-OH is 1. The fourth-order valence-electron chi connectivity index (χ4n) is 5.56. The quantitative estimate of drug-likeness (QED) is 0.282. The summed E-state index contributed by atoms with van der Waals surface area (Å²) in [6.45, 7) is 0.241. The zero-order valence-corrected chi connectivity index (χ0v) is 22.5. The Morgan fingerprint density at radius 3 is 2.57 bits per heavy atom. The summed E-state index contributed by atoms with van der Waals surface area (Å²) >= 11 is 0. The van der Waals surface area contributed by atoms with E-state index in [1.165, 1.54) is 30.6 Å². The van der Waals surface area contributed by atoms with Crippen LogP contribution in [0.3, 0.4) is 0 Å². The molecule has 1 aliphatic heterocycles. The van der Waals surface area contributed by atoms with Gasteiger partial charge in [-0.3, -0.25) is 9.78 Å². The van der Waals surface area contributed by atoms with Crippen molar-refractivity contribution in [3.63, 3.8) is 0 Å². The van der Waals surface area contributed by atoms with Gasteiger partial charge in [-0.05, 0) is 42.3 Å². The fraction of sp³-hybridized carbons (Fsp3) is 0.233. The molecule has 0 unspecified atom stereocenters. The second-order valence-corrected chi connectivity index (χ2v) is 10.2. The summed E-state index contributed by atoms with van der Waals surface area (Å²) < 4.78 is 45.3. The smallest absolute Gasteiger partial charge is 0.185 e. The minimum absolute atomic E-state index is 0.0221. The summed E-state index contributed by atoms with van der Waals surface area (Å²) in [5.41, 5.74) is 8.47. The number of pyridine rings is 1. The maximum atomic E-state index is 14.7. The molecule has 1 saturated heterocycles. The van der Waals surface area contributed by atoms with Gasteiger partial charge in [0, 0.05) is 38.4 Å². The molecule has 12 heteroatoms. The van der Waals surface area contributed by atoms with Crippen molar-refractivity contribution in [2.45, 2.75) is 24.9 Å². The molecule has 0 bridgehead atoms.